The van der Waals surface area contributed by atoms with Crippen LogP contribution in [0.5, 0.6) is 0 Å². The van der Waals surface area contributed by atoms with Crippen molar-refractivity contribution in [2.45, 2.75) is 26.4 Å². The van der Waals surface area contributed by atoms with E-state index in [0.29, 0.717) is 17.3 Å². The molecule has 3 amide bonds. The molecular weight excluding hydrogens is 300 g/mol. The first-order valence-electron chi connectivity index (χ1n) is 7.16. The number of carbonyl (C=O) groups excluding carboxylic acids is 2. The summed E-state index contributed by atoms with van der Waals surface area (Å²) in [5.74, 6) is 0.753. The number of hydrogen-bond acceptors (Lipinski definition) is 4. The molecule has 1 aliphatic rings. The zero-order valence-corrected chi connectivity index (χ0v) is 13.5. The normalized spacial score (nSPS) is 13.7. The van der Waals surface area contributed by atoms with Crippen LogP contribution in [-0.2, 0) is 6.54 Å². The van der Waals surface area contributed by atoms with Gasteiger partial charge in [0.25, 0.3) is 5.91 Å². The van der Waals surface area contributed by atoms with Gasteiger partial charge in [-0.15, -0.1) is 0 Å². The number of amides is 3. The second kappa shape index (κ2) is 7.84. The largest absolute Gasteiger partial charge is 0.336 e. The lowest BCUT2D eigenvalue weighted by Gasteiger charge is -2.10. The molecule has 0 spiro atoms. The van der Waals surface area contributed by atoms with E-state index >= 15 is 0 Å². The number of nitrogens with zero attached hydrogens (tertiary/aromatic N) is 1. The number of benzene rings is 1. The molecule has 2 rings (SSSR count). The molecule has 0 saturated carbocycles. The van der Waals surface area contributed by atoms with Gasteiger partial charge >= 0.3 is 6.03 Å². The molecule has 1 aromatic rings. The standard InChI is InChI=1S/C15H20N4O2S/c1-10(2)18-14(21)17-9-11-3-5-12(6-4-11)13(20)19-15-16-7-8-22-15/h3-6,10H,7-9H2,1-2H3,(H,16,19,20)(H2,17,18,21). The van der Waals surface area contributed by atoms with Crippen LogP contribution in [0.25, 0.3) is 0 Å². The van der Waals surface area contributed by atoms with Gasteiger partial charge in [-0.05, 0) is 31.5 Å². The highest BCUT2D eigenvalue weighted by atomic mass is 32.2. The summed E-state index contributed by atoms with van der Waals surface area (Å²) in [4.78, 5) is 27.7. The smallest absolute Gasteiger partial charge is 0.315 e. The molecule has 1 aliphatic heterocycles. The molecule has 0 unspecified atom stereocenters. The predicted molar refractivity (Wildman–Crippen MR) is 89.2 cm³/mol. The van der Waals surface area contributed by atoms with E-state index in [2.05, 4.69) is 20.9 Å². The Labute approximate surface area is 134 Å². The van der Waals surface area contributed by atoms with Crippen LogP contribution >= 0.6 is 11.8 Å². The molecule has 0 bridgehead atoms. The highest BCUT2D eigenvalue weighted by Crippen LogP contribution is 2.10. The van der Waals surface area contributed by atoms with Crippen LogP contribution < -0.4 is 16.0 Å². The zero-order chi connectivity index (χ0) is 15.9. The third-order valence-corrected chi connectivity index (χ3v) is 3.79. The zero-order valence-electron chi connectivity index (χ0n) is 12.7. The van der Waals surface area contributed by atoms with E-state index in [9.17, 15) is 9.59 Å². The molecule has 0 saturated heterocycles. The molecule has 6 nitrogen and oxygen atoms in total. The minimum atomic E-state index is -0.201. The summed E-state index contributed by atoms with van der Waals surface area (Å²) < 4.78 is 0. The Morgan fingerprint density at radius 1 is 1.27 bits per heavy atom. The van der Waals surface area contributed by atoms with E-state index in [0.717, 1.165) is 17.9 Å². The first kappa shape index (κ1) is 16.4. The van der Waals surface area contributed by atoms with Crippen molar-refractivity contribution in [2.24, 2.45) is 4.99 Å². The van der Waals surface area contributed by atoms with Crippen molar-refractivity contribution < 1.29 is 9.59 Å². The van der Waals surface area contributed by atoms with Crippen LogP contribution in [0.15, 0.2) is 29.3 Å². The fourth-order valence-corrected chi connectivity index (χ4v) is 2.57. The molecule has 118 valence electrons. The van der Waals surface area contributed by atoms with Crippen molar-refractivity contribution in [2.75, 3.05) is 12.3 Å². The molecule has 0 aliphatic carbocycles. The first-order valence-corrected chi connectivity index (χ1v) is 8.15. The molecule has 1 aromatic carbocycles. The Balaban J connectivity index is 1.84. The highest BCUT2D eigenvalue weighted by molar-refractivity contribution is 8.14. The fraction of sp³-hybridized carbons (Fsp3) is 0.400. The summed E-state index contributed by atoms with van der Waals surface area (Å²) in [6.07, 6.45) is 0. The average Bonchev–Trinajstić information content (AvgIpc) is 2.98. The molecule has 0 aromatic heterocycles. The first-order chi connectivity index (χ1) is 10.5. The number of urea groups is 1. The van der Waals surface area contributed by atoms with E-state index < -0.39 is 0 Å². The SMILES string of the molecule is CC(C)NC(=O)NCc1ccc(C(=O)NC2=NCCS2)cc1. The Morgan fingerprint density at radius 3 is 2.59 bits per heavy atom. The average molecular weight is 320 g/mol. The quantitative estimate of drug-likeness (QED) is 0.790. The molecule has 7 heteroatoms. The van der Waals surface area contributed by atoms with Crippen molar-refractivity contribution in [1.82, 2.24) is 16.0 Å². The predicted octanol–water partition coefficient (Wildman–Crippen LogP) is 1.73. The number of amidine groups is 1. The van der Waals surface area contributed by atoms with Gasteiger partial charge in [0.15, 0.2) is 5.17 Å². The molecule has 0 radical (unpaired) electrons. The van der Waals surface area contributed by atoms with Gasteiger partial charge in [-0.1, -0.05) is 23.9 Å². The van der Waals surface area contributed by atoms with Crippen LogP contribution in [0.4, 0.5) is 4.79 Å². The van der Waals surface area contributed by atoms with Crippen LogP contribution in [0.1, 0.15) is 29.8 Å². The number of carbonyl (C=O) groups is 2. The third-order valence-electron chi connectivity index (χ3n) is 2.89. The van der Waals surface area contributed by atoms with E-state index in [1.54, 1.807) is 23.9 Å². The molecule has 0 atom stereocenters. The second-order valence-corrected chi connectivity index (χ2v) is 6.25. The van der Waals surface area contributed by atoms with Crippen LogP contribution in [0, 0.1) is 0 Å². The second-order valence-electron chi connectivity index (χ2n) is 5.17. The number of thioether (sulfide) groups is 1. The van der Waals surface area contributed by atoms with Gasteiger partial charge < -0.3 is 16.0 Å². The monoisotopic (exact) mass is 320 g/mol. The fourth-order valence-electron chi connectivity index (χ4n) is 1.85. The van der Waals surface area contributed by atoms with Crippen LogP contribution in [-0.4, -0.2) is 35.4 Å². The number of rotatable bonds is 4. The lowest BCUT2D eigenvalue weighted by Crippen LogP contribution is -2.39. The van der Waals surface area contributed by atoms with E-state index in [4.69, 9.17) is 0 Å². The summed E-state index contributed by atoms with van der Waals surface area (Å²) in [6, 6.07) is 7.04. The van der Waals surface area contributed by atoms with Gasteiger partial charge in [0, 0.05) is 23.9 Å². The molecule has 0 fully saturated rings. The minimum absolute atomic E-state index is 0.0995. The maximum atomic E-state index is 12.0. The van der Waals surface area contributed by atoms with E-state index in [1.807, 2.05) is 26.0 Å². The molecule has 3 N–H and O–H groups in total. The number of aliphatic imine (C=N–C) groups is 1. The maximum Gasteiger partial charge on any atom is 0.315 e. The van der Waals surface area contributed by atoms with Gasteiger partial charge in [0.2, 0.25) is 0 Å². The maximum absolute atomic E-state index is 12.0. The van der Waals surface area contributed by atoms with Crippen LogP contribution in [0.3, 0.4) is 0 Å². The van der Waals surface area contributed by atoms with Gasteiger partial charge in [-0.2, -0.15) is 0 Å². The van der Waals surface area contributed by atoms with E-state index in [1.165, 1.54) is 0 Å². The topological polar surface area (TPSA) is 82.6 Å². The van der Waals surface area contributed by atoms with Crippen molar-refractivity contribution in [3.8, 4) is 0 Å². The van der Waals surface area contributed by atoms with Gasteiger partial charge in [0.05, 0.1) is 6.54 Å². The van der Waals surface area contributed by atoms with Crippen molar-refractivity contribution in [1.29, 1.82) is 0 Å². The van der Waals surface area contributed by atoms with Crippen LogP contribution in [0.2, 0.25) is 0 Å². The van der Waals surface area contributed by atoms with E-state index in [-0.39, 0.29) is 18.0 Å². The summed E-state index contributed by atoms with van der Waals surface area (Å²) in [5, 5.41) is 8.98. The number of hydrogen-bond donors (Lipinski definition) is 3. The van der Waals surface area contributed by atoms with Gasteiger partial charge in [0.1, 0.15) is 0 Å². The lowest BCUT2D eigenvalue weighted by atomic mass is 10.1. The van der Waals surface area contributed by atoms with Gasteiger partial charge in [-0.25, -0.2) is 4.79 Å². The highest BCUT2D eigenvalue weighted by Gasteiger charge is 2.12. The number of nitrogens with one attached hydrogen (secondary N) is 3. The Morgan fingerprint density at radius 2 is 2.00 bits per heavy atom. The summed E-state index contributed by atoms with van der Waals surface area (Å²) in [5.41, 5.74) is 1.51. The van der Waals surface area contributed by atoms with Crippen molar-refractivity contribution in [3.63, 3.8) is 0 Å². The van der Waals surface area contributed by atoms with Crippen molar-refractivity contribution >= 4 is 28.9 Å². The minimum Gasteiger partial charge on any atom is -0.336 e. The molecule has 22 heavy (non-hydrogen) atoms. The lowest BCUT2D eigenvalue weighted by molar-refractivity contribution is 0.0978. The van der Waals surface area contributed by atoms with Gasteiger partial charge in [-0.3, -0.25) is 9.79 Å². The van der Waals surface area contributed by atoms with Crippen molar-refractivity contribution in [3.05, 3.63) is 35.4 Å². The Hall–Kier alpha value is -2.02. The summed E-state index contributed by atoms with van der Waals surface area (Å²) in [6.45, 7) is 4.98. The third kappa shape index (κ3) is 5.07. The summed E-state index contributed by atoms with van der Waals surface area (Å²) in [7, 11) is 0. The molecule has 1 heterocycles. The summed E-state index contributed by atoms with van der Waals surface area (Å²) >= 11 is 1.55. The molecular formula is C15H20N4O2S. The Bertz CT molecular complexity index is 569. The Kier molecular flexibility index (Phi) is 5.83.